The molecule has 0 aromatic heterocycles. The first-order valence-corrected chi connectivity index (χ1v) is 12.7. The van der Waals surface area contributed by atoms with Gasteiger partial charge in [-0.3, -0.25) is 4.31 Å². The summed E-state index contributed by atoms with van der Waals surface area (Å²) in [6, 6.07) is 13.2. The van der Waals surface area contributed by atoms with Crippen LogP contribution in [0.1, 0.15) is 24.5 Å². The lowest BCUT2D eigenvalue weighted by Crippen LogP contribution is -2.46. The third-order valence-electron chi connectivity index (χ3n) is 6.24. The molecule has 0 bridgehead atoms. The van der Waals surface area contributed by atoms with Gasteiger partial charge in [-0.1, -0.05) is 23.8 Å². The van der Waals surface area contributed by atoms with Crippen molar-refractivity contribution in [2.75, 3.05) is 42.4 Å². The Morgan fingerprint density at radius 1 is 1.00 bits per heavy atom. The number of fused-ring (bicyclic) bond motifs is 1. The molecule has 2 aromatic carbocycles. The number of sulfonamides is 1. The van der Waals surface area contributed by atoms with E-state index in [-0.39, 0.29) is 6.04 Å². The van der Waals surface area contributed by atoms with Crippen LogP contribution in [0.15, 0.2) is 47.4 Å². The Hall–Kier alpha value is -2.79. The van der Waals surface area contributed by atoms with Crippen molar-refractivity contribution < 1.29 is 31.5 Å². The molecule has 0 amide bonds. The summed E-state index contributed by atoms with van der Waals surface area (Å²) in [7, 11) is -1.44. The number of benzene rings is 2. The van der Waals surface area contributed by atoms with Gasteiger partial charge in [-0.2, -0.15) is 13.2 Å². The molecule has 0 saturated carbocycles. The molecule has 0 radical (unpaired) electrons. The Balaban J connectivity index is 0.000000429. The van der Waals surface area contributed by atoms with E-state index in [1.165, 1.54) is 11.3 Å². The summed E-state index contributed by atoms with van der Waals surface area (Å²) in [5.41, 5.74) is 4.27. The fraction of sp³-hybridized carbons (Fsp3) is 0.458. The SMILES string of the molecule is Cc1ccc(S(=O)(=O)N2c3cccc(N4CCN(C)CC4)c3CCC2C)cc1.O=C(O)C(F)(F)F. The van der Waals surface area contributed by atoms with Crippen LogP contribution in [-0.4, -0.2) is 69.8 Å². The zero-order valence-corrected chi connectivity index (χ0v) is 20.7. The lowest BCUT2D eigenvalue weighted by Gasteiger charge is -2.40. The first-order chi connectivity index (χ1) is 16.3. The molecule has 0 aliphatic carbocycles. The fourth-order valence-electron chi connectivity index (χ4n) is 4.27. The lowest BCUT2D eigenvalue weighted by atomic mass is 9.96. The molecule has 192 valence electrons. The van der Waals surface area contributed by atoms with Crippen LogP contribution in [-0.2, 0) is 21.2 Å². The molecular weight excluding hydrogens is 483 g/mol. The molecule has 2 heterocycles. The quantitative estimate of drug-likeness (QED) is 0.671. The number of piperazine rings is 1. The minimum absolute atomic E-state index is 0.0541. The number of hydrogen-bond acceptors (Lipinski definition) is 5. The fourth-order valence-corrected chi connectivity index (χ4v) is 5.98. The average molecular weight is 514 g/mol. The first kappa shape index (κ1) is 26.8. The number of likely N-dealkylation sites (N-methyl/N-ethyl adjacent to an activating group) is 1. The van der Waals surface area contributed by atoms with Crippen LogP contribution in [0, 0.1) is 6.92 Å². The van der Waals surface area contributed by atoms with Gasteiger partial charge in [0.15, 0.2) is 0 Å². The molecule has 1 fully saturated rings. The zero-order chi connectivity index (χ0) is 26.0. The van der Waals surface area contributed by atoms with Crippen LogP contribution in [0.2, 0.25) is 0 Å². The molecular formula is C24H30F3N3O4S. The predicted molar refractivity (Wildman–Crippen MR) is 128 cm³/mol. The van der Waals surface area contributed by atoms with Crippen LogP contribution < -0.4 is 9.21 Å². The van der Waals surface area contributed by atoms with Crippen molar-refractivity contribution in [3.63, 3.8) is 0 Å². The van der Waals surface area contributed by atoms with Crippen LogP contribution in [0.3, 0.4) is 0 Å². The van der Waals surface area contributed by atoms with Gasteiger partial charge in [0, 0.05) is 37.9 Å². The number of aryl methyl sites for hydroxylation is 1. The molecule has 0 spiro atoms. The number of halogens is 3. The summed E-state index contributed by atoms with van der Waals surface area (Å²) in [6.07, 6.45) is -3.33. The maximum atomic E-state index is 13.5. The molecule has 4 rings (SSSR count). The molecule has 11 heteroatoms. The maximum absolute atomic E-state index is 13.5. The van der Waals surface area contributed by atoms with E-state index >= 15 is 0 Å². The number of carbonyl (C=O) groups is 1. The van der Waals surface area contributed by atoms with Gasteiger partial charge in [0.05, 0.1) is 10.6 Å². The molecule has 35 heavy (non-hydrogen) atoms. The minimum atomic E-state index is -5.08. The first-order valence-electron chi connectivity index (χ1n) is 11.3. The largest absolute Gasteiger partial charge is 0.490 e. The number of nitrogens with zero attached hydrogens (tertiary/aromatic N) is 3. The summed E-state index contributed by atoms with van der Waals surface area (Å²) in [4.78, 5) is 14.0. The van der Waals surface area contributed by atoms with Gasteiger partial charge in [-0.05, 0) is 63.6 Å². The minimum Gasteiger partial charge on any atom is -0.475 e. The van der Waals surface area contributed by atoms with Gasteiger partial charge in [-0.25, -0.2) is 13.2 Å². The number of alkyl halides is 3. The third-order valence-corrected chi connectivity index (χ3v) is 8.18. The Morgan fingerprint density at radius 3 is 2.09 bits per heavy atom. The van der Waals surface area contributed by atoms with Crippen LogP contribution in [0.5, 0.6) is 0 Å². The highest BCUT2D eigenvalue weighted by atomic mass is 32.2. The maximum Gasteiger partial charge on any atom is 0.490 e. The second-order valence-electron chi connectivity index (χ2n) is 8.87. The molecule has 2 aliphatic rings. The smallest absolute Gasteiger partial charge is 0.475 e. The molecule has 1 saturated heterocycles. The number of aliphatic carboxylic acids is 1. The van der Waals surface area contributed by atoms with Crippen molar-refractivity contribution in [1.29, 1.82) is 0 Å². The van der Waals surface area contributed by atoms with Gasteiger partial charge in [0.1, 0.15) is 0 Å². The Morgan fingerprint density at radius 2 is 1.54 bits per heavy atom. The number of anilines is 2. The van der Waals surface area contributed by atoms with Crippen LogP contribution in [0.25, 0.3) is 0 Å². The molecule has 1 N–H and O–H groups in total. The Bertz CT molecular complexity index is 1150. The molecule has 1 unspecified atom stereocenters. The van der Waals surface area contributed by atoms with E-state index in [2.05, 4.69) is 22.9 Å². The van der Waals surface area contributed by atoms with Crippen molar-refractivity contribution in [2.45, 2.75) is 43.8 Å². The highest BCUT2D eigenvalue weighted by Gasteiger charge is 2.38. The van der Waals surface area contributed by atoms with Crippen molar-refractivity contribution >= 4 is 27.4 Å². The Kier molecular flexibility index (Phi) is 8.00. The monoisotopic (exact) mass is 513 g/mol. The lowest BCUT2D eigenvalue weighted by molar-refractivity contribution is -0.192. The van der Waals surface area contributed by atoms with E-state index in [9.17, 15) is 21.6 Å². The van der Waals surface area contributed by atoms with Crippen molar-refractivity contribution in [3.05, 3.63) is 53.6 Å². The second-order valence-corrected chi connectivity index (χ2v) is 10.7. The van der Waals surface area contributed by atoms with Crippen LogP contribution in [0.4, 0.5) is 24.5 Å². The van der Waals surface area contributed by atoms with E-state index in [4.69, 9.17) is 9.90 Å². The summed E-state index contributed by atoms with van der Waals surface area (Å²) in [5, 5.41) is 7.12. The van der Waals surface area contributed by atoms with E-state index < -0.39 is 22.2 Å². The van der Waals surface area contributed by atoms with Gasteiger partial charge in [-0.15, -0.1) is 0 Å². The third kappa shape index (κ3) is 6.07. The number of carboxylic acid groups (broad SMARTS) is 1. The van der Waals surface area contributed by atoms with Gasteiger partial charge in [0.2, 0.25) is 0 Å². The number of carboxylic acids is 1. The van der Waals surface area contributed by atoms with E-state index in [1.807, 2.05) is 38.1 Å². The number of rotatable bonds is 3. The second kappa shape index (κ2) is 10.4. The van der Waals surface area contributed by atoms with E-state index in [1.54, 1.807) is 16.4 Å². The van der Waals surface area contributed by atoms with Gasteiger partial charge >= 0.3 is 12.1 Å². The van der Waals surface area contributed by atoms with Gasteiger partial charge in [0.25, 0.3) is 10.0 Å². The average Bonchev–Trinajstić information content (AvgIpc) is 2.79. The standard InChI is InChI=1S/C22H29N3O2S.C2HF3O2/c1-17-7-10-19(11-8-17)28(26,27)25-18(2)9-12-20-21(5-4-6-22(20)25)24-15-13-23(3)14-16-24;3-2(4,5)1(6)7/h4-8,10-11,18H,9,12-16H2,1-3H3;(H,6,7). The molecule has 2 aromatic rings. The van der Waals surface area contributed by atoms with E-state index in [0.717, 1.165) is 50.3 Å². The summed E-state index contributed by atoms with van der Waals surface area (Å²) in [6.45, 7) is 8.01. The van der Waals surface area contributed by atoms with Crippen LogP contribution >= 0.6 is 0 Å². The summed E-state index contributed by atoms with van der Waals surface area (Å²) >= 11 is 0. The highest BCUT2D eigenvalue weighted by molar-refractivity contribution is 7.92. The normalized spacial score (nSPS) is 19.0. The summed E-state index contributed by atoms with van der Waals surface area (Å²) in [5.74, 6) is -2.76. The summed E-state index contributed by atoms with van der Waals surface area (Å²) < 4.78 is 60.4. The molecule has 2 aliphatic heterocycles. The highest BCUT2D eigenvalue weighted by Crippen LogP contribution is 2.40. The van der Waals surface area contributed by atoms with Crippen molar-refractivity contribution in [2.24, 2.45) is 0 Å². The zero-order valence-electron chi connectivity index (χ0n) is 19.9. The van der Waals surface area contributed by atoms with Gasteiger partial charge < -0.3 is 14.9 Å². The predicted octanol–water partition coefficient (Wildman–Crippen LogP) is 3.91. The van der Waals surface area contributed by atoms with Crippen molar-refractivity contribution in [1.82, 2.24) is 4.90 Å². The molecule has 7 nitrogen and oxygen atoms in total. The van der Waals surface area contributed by atoms with Crippen molar-refractivity contribution in [3.8, 4) is 0 Å². The molecule has 1 atom stereocenters. The topological polar surface area (TPSA) is 81.2 Å². The number of hydrogen-bond donors (Lipinski definition) is 1. The van der Waals surface area contributed by atoms with E-state index in [0.29, 0.717) is 4.90 Å². The Labute approximate surface area is 203 Å².